The summed E-state index contributed by atoms with van der Waals surface area (Å²) in [4.78, 5) is 26.2. The number of amides is 2. The molecule has 7 nitrogen and oxygen atoms in total. The number of benzene rings is 2. The minimum Gasteiger partial charge on any atom is -0.508 e. The molecule has 1 saturated heterocycles. The lowest BCUT2D eigenvalue weighted by molar-refractivity contribution is -0.0263. The second-order valence-electron chi connectivity index (χ2n) is 7.17. The molecule has 29 heavy (non-hydrogen) atoms. The Hall–Kier alpha value is -3.06. The number of nitrogens with zero attached hydrogens (tertiary/aromatic N) is 1. The molecule has 0 radical (unpaired) electrons. The number of aryl methyl sites for hydroxylation is 2. The maximum atomic E-state index is 12.4. The van der Waals surface area contributed by atoms with Gasteiger partial charge in [0, 0.05) is 18.7 Å². The van der Waals surface area contributed by atoms with Crippen LogP contribution in [0.1, 0.15) is 27.0 Å². The van der Waals surface area contributed by atoms with Crippen LogP contribution in [0.25, 0.3) is 0 Å². The third-order valence-electron chi connectivity index (χ3n) is 4.95. The van der Waals surface area contributed by atoms with E-state index in [4.69, 9.17) is 9.47 Å². The van der Waals surface area contributed by atoms with Gasteiger partial charge < -0.3 is 24.8 Å². The van der Waals surface area contributed by atoms with Crippen molar-refractivity contribution in [3.05, 3.63) is 64.7 Å². The van der Waals surface area contributed by atoms with Gasteiger partial charge in [0.1, 0.15) is 12.4 Å². The van der Waals surface area contributed by atoms with Crippen LogP contribution in [0, 0.1) is 13.8 Å². The van der Waals surface area contributed by atoms with Crippen LogP contribution < -0.4 is 5.32 Å². The third kappa shape index (κ3) is 5.71. The fraction of sp³-hybridized carbons (Fsp3) is 0.364. The first-order valence-electron chi connectivity index (χ1n) is 9.59. The van der Waals surface area contributed by atoms with Gasteiger partial charge in [0.25, 0.3) is 5.91 Å². The highest BCUT2D eigenvalue weighted by Crippen LogP contribution is 2.13. The second-order valence-corrected chi connectivity index (χ2v) is 7.17. The largest absolute Gasteiger partial charge is 0.508 e. The molecular weight excluding hydrogens is 372 g/mol. The summed E-state index contributed by atoms with van der Waals surface area (Å²) in [6, 6.07) is 12.0. The summed E-state index contributed by atoms with van der Waals surface area (Å²) in [6.07, 6.45) is -0.694. The predicted molar refractivity (Wildman–Crippen MR) is 108 cm³/mol. The molecule has 1 heterocycles. The number of phenols is 1. The van der Waals surface area contributed by atoms with Crippen molar-refractivity contribution in [2.75, 3.05) is 26.2 Å². The monoisotopic (exact) mass is 398 g/mol. The highest BCUT2D eigenvalue weighted by molar-refractivity contribution is 5.94. The number of hydrogen-bond donors (Lipinski definition) is 2. The molecule has 154 valence electrons. The molecule has 2 N–H and O–H groups in total. The van der Waals surface area contributed by atoms with Crippen LogP contribution >= 0.6 is 0 Å². The van der Waals surface area contributed by atoms with Gasteiger partial charge in [-0.3, -0.25) is 4.79 Å². The van der Waals surface area contributed by atoms with Gasteiger partial charge >= 0.3 is 6.09 Å². The van der Waals surface area contributed by atoms with Gasteiger partial charge in [-0.15, -0.1) is 0 Å². The van der Waals surface area contributed by atoms with Gasteiger partial charge in [0.15, 0.2) is 0 Å². The first-order chi connectivity index (χ1) is 13.9. The lowest BCUT2D eigenvalue weighted by atomic mass is 10.1. The molecule has 2 aromatic carbocycles. The summed E-state index contributed by atoms with van der Waals surface area (Å²) in [5, 5.41) is 12.1. The molecule has 0 spiro atoms. The minimum absolute atomic E-state index is 0.104. The number of hydrogen-bond acceptors (Lipinski definition) is 5. The SMILES string of the molecule is Cc1ccc(COC(=O)N2CCOC(CNC(=O)c3ccc(O)cc3)C2)cc1C. The maximum absolute atomic E-state index is 12.4. The van der Waals surface area contributed by atoms with Crippen molar-refractivity contribution < 1.29 is 24.2 Å². The minimum atomic E-state index is -0.388. The summed E-state index contributed by atoms with van der Waals surface area (Å²) in [6.45, 7) is 5.76. The molecule has 2 amide bonds. The highest BCUT2D eigenvalue weighted by Gasteiger charge is 2.25. The Morgan fingerprint density at radius 2 is 1.93 bits per heavy atom. The van der Waals surface area contributed by atoms with Crippen LogP contribution in [0.4, 0.5) is 4.79 Å². The zero-order valence-corrected chi connectivity index (χ0v) is 16.7. The van der Waals surface area contributed by atoms with Crippen molar-refractivity contribution >= 4 is 12.0 Å². The summed E-state index contributed by atoms with van der Waals surface area (Å²) < 4.78 is 11.1. The summed E-state index contributed by atoms with van der Waals surface area (Å²) in [5.41, 5.74) is 3.76. The van der Waals surface area contributed by atoms with Crippen LogP contribution in [0.5, 0.6) is 5.75 Å². The van der Waals surface area contributed by atoms with Crippen molar-refractivity contribution in [1.82, 2.24) is 10.2 Å². The van der Waals surface area contributed by atoms with Crippen LogP contribution in [-0.2, 0) is 16.1 Å². The number of ether oxygens (including phenoxy) is 2. The fourth-order valence-electron chi connectivity index (χ4n) is 3.06. The van der Waals surface area contributed by atoms with Gasteiger partial charge in [-0.05, 0) is 54.8 Å². The van der Waals surface area contributed by atoms with E-state index >= 15 is 0 Å². The number of nitrogens with one attached hydrogen (secondary N) is 1. The molecular formula is C22H26N2O5. The van der Waals surface area contributed by atoms with Crippen molar-refractivity contribution in [3.8, 4) is 5.75 Å². The molecule has 0 aliphatic carbocycles. The van der Waals surface area contributed by atoms with Gasteiger partial charge in [-0.2, -0.15) is 0 Å². The number of morpholine rings is 1. The number of aromatic hydroxyl groups is 1. The fourth-order valence-corrected chi connectivity index (χ4v) is 3.06. The van der Waals surface area contributed by atoms with E-state index in [0.29, 0.717) is 25.3 Å². The molecule has 1 atom stereocenters. The van der Waals surface area contributed by atoms with Gasteiger partial charge in [0.05, 0.1) is 19.3 Å². The van der Waals surface area contributed by atoms with Gasteiger partial charge in [-0.25, -0.2) is 4.79 Å². The number of phenolic OH excluding ortho intramolecular Hbond substituents is 1. The second kappa shape index (κ2) is 9.43. The standard InChI is InChI=1S/C22H26N2O5/c1-15-3-4-17(11-16(15)2)14-29-22(27)24-9-10-28-20(13-24)12-23-21(26)18-5-7-19(25)8-6-18/h3-8,11,20,25H,9-10,12-14H2,1-2H3,(H,23,26). The molecule has 1 fully saturated rings. The first kappa shape index (κ1) is 20.7. The van der Waals surface area contributed by atoms with Gasteiger partial charge in [-0.1, -0.05) is 18.2 Å². The molecule has 0 bridgehead atoms. The van der Waals surface area contributed by atoms with E-state index in [0.717, 1.165) is 11.1 Å². The van der Waals surface area contributed by atoms with E-state index in [2.05, 4.69) is 5.32 Å². The van der Waals surface area contributed by atoms with E-state index in [9.17, 15) is 14.7 Å². The van der Waals surface area contributed by atoms with Crippen molar-refractivity contribution in [2.24, 2.45) is 0 Å². The van der Waals surface area contributed by atoms with E-state index in [1.165, 1.54) is 17.7 Å². The first-order valence-corrected chi connectivity index (χ1v) is 9.59. The van der Waals surface area contributed by atoms with Crippen LogP contribution in [0.2, 0.25) is 0 Å². The zero-order chi connectivity index (χ0) is 20.8. The Bertz CT molecular complexity index is 866. The maximum Gasteiger partial charge on any atom is 0.410 e. The van der Waals surface area contributed by atoms with Crippen LogP contribution in [0.3, 0.4) is 0 Å². The van der Waals surface area contributed by atoms with E-state index in [1.54, 1.807) is 17.0 Å². The number of carbonyl (C=O) groups excluding carboxylic acids is 2. The summed E-state index contributed by atoms with van der Waals surface area (Å²) in [7, 11) is 0. The molecule has 1 aliphatic heterocycles. The Balaban J connectivity index is 1.46. The predicted octanol–water partition coefficient (Wildman–Crippen LogP) is 2.78. The molecule has 1 unspecified atom stereocenters. The van der Waals surface area contributed by atoms with Crippen molar-refractivity contribution in [2.45, 2.75) is 26.6 Å². The Morgan fingerprint density at radius 3 is 2.66 bits per heavy atom. The molecule has 3 rings (SSSR count). The van der Waals surface area contributed by atoms with E-state index < -0.39 is 0 Å². The van der Waals surface area contributed by atoms with E-state index in [1.807, 2.05) is 32.0 Å². The smallest absolute Gasteiger partial charge is 0.410 e. The molecule has 2 aromatic rings. The topological polar surface area (TPSA) is 88.1 Å². The molecule has 0 saturated carbocycles. The van der Waals surface area contributed by atoms with Crippen molar-refractivity contribution in [3.63, 3.8) is 0 Å². The lowest BCUT2D eigenvalue weighted by Crippen LogP contribution is -2.49. The number of carbonyl (C=O) groups is 2. The van der Waals surface area contributed by atoms with Crippen molar-refractivity contribution in [1.29, 1.82) is 0 Å². The van der Waals surface area contributed by atoms with Gasteiger partial charge in [0.2, 0.25) is 0 Å². The molecule has 0 aromatic heterocycles. The highest BCUT2D eigenvalue weighted by atomic mass is 16.6. The zero-order valence-electron chi connectivity index (χ0n) is 16.7. The van der Waals surface area contributed by atoms with Crippen LogP contribution in [0.15, 0.2) is 42.5 Å². The Morgan fingerprint density at radius 1 is 1.17 bits per heavy atom. The summed E-state index contributed by atoms with van der Waals surface area (Å²) in [5.74, 6) is -0.157. The molecule has 7 heteroatoms. The average molecular weight is 398 g/mol. The lowest BCUT2D eigenvalue weighted by Gasteiger charge is -2.32. The normalized spacial score (nSPS) is 16.3. The quantitative estimate of drug-likeness (QED) is 0.809. The van der Waals surface area contributed by atoms with E-state index in [-0.39, 0.29) is 37.0 Å². The Labute approximate surface area is 170 Å². The average Bonchev–Trinajstić information content (AvgIpc) is 2.73. The summed E-state index contributed by atoms with van der Waals surface area (Å²) >= 11 is 0. The number of rotatable bonds is 5. The third-order valence-corrected chi connectivity index (χ3v) is 4.95. The Kier molecular flexibility index (Phi) is 6.72. The van der Waals surface area contributed by atoms with Crippen LogP contribution in [-0.4, -0.2) is 54.4 Å². The molecule has 1 aliphatic rings.